The molecule has 5 heteroatoms. The Labute approximate surface area is 125 Å². The number of carbonyl (C=O) groups is 1. The molecule has 0 bridgehead atoms. The minimum atomic E-state index is -0.101. The number of aryl methyl sites for hydroxylation is 1. The fraction of sp³-hybridized carbons (Fsp3) is 0.214. The van der Waals surface area contributed by atoms with Crippen molar-refractivity contribution in [3.8, 4) is 0 Å². The second-order valence-electron chi connectivity index (χ2n) is 4.40. The lowest BCUT2D eigenvalue weighted by atomic mass is 10.1. The van der Waals surface area contributed by atoms with Crippen molar-refractivity contribution in [2.24, 2.45) is 7.05 Å². The molecule has 1 heterocycles. The van der Waals surface area contributed by atoms with Crippen LogP contribution in [0, 0.1) is 0 Å². The van der Waals surface area contributed by atoms with E-state index in [4.69, 9.17) is 11.6 Å². The highest BCUT2D eigenvalue weighted by molar-refractivity contribution is 9.10. The van der Waals surface area contributed by atoms with E-state index in [0.29, 0.717) is 10.7 Å². The highest BCUT2D eigenvalue weighted by Crippen LogP contribution is 2.18. The maximum atomic E-state index is 12.2. The molecule has 1 N–H and O–H groups in total. The lowest BCUT2D eigenvalue weighted by Gasteiger charge is -2.14. The fourth-order valence-corrected chi connectivity index (χ4v) is 2.51. The van der Waals surface area contributed by atoms with Gasteiger partial charge in [-0.15, -0.1) is 0 Å². The average Bonchev–Trinajstić information content (AvgIpc) is 2.69. The molecule has 0 saturated carbocycles. The van der Waals surface area contributed by atoms with E-state index in [2.05, 4.69) is 21.2 Å². The number of hydrogen-bond acceptors (Lipinski definition) is 1. The van der Waals surface area contributed by atoms with E-state index in [1.54, 1.807) is 10.6 Å². The van der Waals surface area contributed by atoms with E-state index in [0.717, 1.165) is 10.0 Å². The highest BCUT2D eigenvalue weighted by atomic mass is 79.9. The average molecular weight is 342 g/mol. The van der Waals surface area contributed by atoms with Crippen LogP contribution in [0.5, 0.6) is 0 Å². The first kappa shape index (κ1) is 14.2. The molecule has 0 aliphatic rings. The lowest BCUT2D eigenvalue weighted by molar-refractivity contribution is 0.0931. The van der Waals surface area contributed by atoms with Crippen molar-refractivity contribution < 1.29 is 4.79 Å². The third-order valence-corrected chi connectivity index (χ3v) is 3.61. The zero-order chi connectivity index (χ0) is 14.0. The normalized spacial score (nSPS) is 12.2. The molecule has 19 heavy (non-hydrogen) atoms. The predicted octanol–water partition coefficient (Wildman–Crippen LogP) is 3.93. The Morgan fingerprint density at radius 2 is 2.00 bits per heavy atom. The smallest absolute Gasteiger partial charge is 0.268 e. The predicted molar refractivity (Wildman–Crippen MR) is 80.4 cm³/mol. The maximum absolute atomic E-state index is 12.2. The van der Waals surface area contributed by atoms with Gasteiger partial charge in [0.25, 0.3) is 5.91 Å². The van der Waals surface area contributed by atoms with Crippen LogP contribution in [0.3, 0.4) is 0 Å². The minimum absolute atomic E-state index is 0.0709. The molecule has 1 amide bonds. The molecule has 1 aromatic heterocycles. The van der Waals surface area contributed by atoms with Gasteiger partial charge in [-0.1, -0.05) is 23.7 Å². The van der Waals surface area contributed by atoms with Crippen molar-refractivity contribution in [2.45, 2.75) is 13.0 Å². The van der Waals surface area contributed by atoms with E-state index in [-0.39, 0.29) is 11.9 Å². The quantitative estimate of drug-likeness (QED) is 0.901. The molecule has 2 rings (SSSR count). The molecule has 0 spiro atoms. The first-order valence-corrected chi connectivity index (χ1v) is 7.02. The number of nitrogens with one attached hydrogen (secondary N) is 1. The summed E-state index contributed by atoms with van der Waals surface area (Å²) in [5.41, 5.74) is 1.64. The summed E-state index contributed by atoms with van der Waals surface area (Å²) in [5.74, 6) is -0.101. The van der Waals surface area contributed by atoms with Gasteiger partial charge in [-0.25, -0.2) is 0 Å². The lowest BCUT2D eigenvalue weighted by Crippen LogP contribution is -2.28. The fourth-order valence-electron chi connectivity index (χ4n) is 1.86. The monoisotopic (exact) mass is 340 g/mol. The van der Waals surface area contributed by atoms with Gasteiger partial charge in [0.15, 0.2) is 0 Å². The van der Waals surface area contributed by atoms with E-state index >= 15 is 0 Å². The minimum Gasteiger partial charge on any atom is -0.345 e. The van der Waals surface area contributed by atoms with Crippen LogP contribution in [0.2, 0.25) is 5.02 Å². The van der Waals surface area contributed by atoms with E-state index in [1.165, 1.54) is 0 Å². The Kier molecular flexibility index (Phi) is 4.32. The topological polar surface area (TPSA) is 34.0 Å². The Hall–Kier alpha value is -1.26. The van der Waals surface area contributed by atoms with Crippen molar-refractivity contribution in [3.05, 3.63) is 57.3 Å². The molecule has 3 nitrogen and oxygen atoms in total. The van der Waals surface area contributed by atoms with Gasteiger partial charge in [0, 0.05) is 22.7 Å². The van der Waals surface area contributed by atoms with Gasteiger partial charge in [0.1, 0.15) is 5.69 Å². The highest BCUT2D eigenvalue weighted by Gasteiger charge is 2.14. The third-order valence-electron chi connectivity index (χ3n) is 2.92. The second kappa shape index (κ2) is 5.80. The summed E-state index contributed by atoms with van der Waals surface area (Å²) in [6.45, 7) is 1.94. The van der Waals surface area contributed by atoms with Gasteiger partial charge in [0.05, 0.1) is 6.04 Å². The Morgan fingerprint density at radius 1 is 1.37 bits per heavy atom. The van der Waals surface area contributed by atoms with Crippen molar-refractivity contribution in [1.29, 1.82) is 0 Å². The van der Waals surface area contributed by atoms with E-state index < -0.39 is 0 Å². The maximum Gasteiger partial charge on any atom is 0.268 e. The van der Waals surface area contributed by atoms with Crippen LogP contribution in [-0.2, 0) is 7.05 Å². The third kappa shape index (κ3) is 3.39. The summed E-state index contributed by atoms with van der Waals surface area (Å²) in [5, 5.41) is 3.65. The van der Waals surface area contributed by atoms with Crippen molar-refractivity contribution in [3.63, 3.8) is 0 Å². The van der Waals surface area contributed by atoms with Crippen molar-refractivity contribution in [1.82, 2.24) is 9.88 Å². The van der Waals surface area contributed by atoms with E-state index in [9.17, 15) is 4.79 Å². The van der Waals surface area contributed by atoms with Crippen LogP contribution in [0.1, 0.15) is 29.0 Å². The molecule has 1 unspecified atom stereocenters. The van der Waals surface area contributed by atoms with Crippen LogP contribution in [-0.4, -0.2) is 10.5 Å². The number of halogens is 2. The summed E-state index contributed by atoms with van der Waals surface area (Å²) in [6.07, 6.45) is 1.85. The molecule has 0 saturated heterocycles. The summed E-state index contributed by atoms with van der Waals surface area (Å²) in [4.78, 5) is 12.2. The van der Waals surface area contributed by atoms with Crippen molar-refractivity contribution in [2.75, 3.05) is 0 Å². The molecule has 0 aliphatic heterocycles. The number of amides is 1. The van der Waals surface area contributed by atoms with Crippen LogP contribution in [0.25, 0.3) is 0 Å². The van der Waals surface area contributed by atoms with Crippen LogP contribution < -0.4 is 5.32 Å². The first-order chi connectivity index (χ1) is 8.97. The van der Waals surface area contributed by atoms with Gasteiger partial charge in [-0.05, 0) is 46.6 Å². The van der Waals surface area contributed by atoms with Crippen LogP contribution in [0.15, 0.2) is 41.0 Å². The number of aromatic nitrogens is 1. The molecule has 1 atom stereocenters. The SMILES string of the molecule is CC(NC(=O)c1cc(Br)cn1C)c1ccc(Cl)cc1. The number of benzene rings is 1. The van der Waals surface area contributed by atoms with Crippen LogP contribution >= 0.6 is 27.5 Å². The van der Waals surface area contributed by atoms with Gasteiger partial charge in [-0.2, -0.15) is 0 Å². The van der Waals surface area contributed by atoms with E-state index in [1.807, 2.05) is 44.4 Å². The standard InChI is InChI=1S/C14H14BrClN2O/c1-9(10-3-5-12(16)6-4-10)17-14(19)13-7-11(15)8-18(13)2/h3-9H,1-2H3,(H,17,19). The summed E-state index contributed by atoms with van der Waals surface area (Å²) >= 11 is 9.20. The summed E-state index contributed by atoms with van der Waals surface area (Å²) in [7, 11) is 1.84. The van der Waals surface area contributed by atoms with Gasteiger partial charge >= 0.3 is 0 Å². The van der Waals surface area contributed by atoms with Crippen LogP contribution in [0.4, 0.5) is 0 Å². The summed E-state index contributed by atoms with van der Waals surface area (Å²) in [6, 6.07) is 9.18. The molecule has 0 aliphatic carbocycles. The van der Waals surface area contributed by atoms with Crippen molar-refractivity contribution >= 4 is 33.4 Å². The zero-order valence-electron chi connectivity index (χ0n) is 10.7. The molecule has 0 radical (unpaired) electrons. The molecule has 0 fully saturated rings. The Morgan fingerprint density at radius 3 is 2.53 bits per heavy atom. The van der Waals surface area contributed by atoms with Gasteiger partial charge in [-0.3, -0.25) is 4.79 Å². The van der Waals surface area contributed by atoms with Gasteiger partial charge in [0.2, 0.25) is 0 Å². The Balaban J connectivity index is 2.10. The Bertz CT molecular complexity index is 592. The molecule has 100 valence electrons. The van der Waals surface area contributed by atoms with Gasteiger partial charge < -0.3 is 9.88 Å². The molecular weight excluding hydrogens is 328 g/mol. The molecule has 2 aromatic rings. The first-order valence-electron chi connectivity index (χ1n) is 5.85. The zero-order valence-corrected chi connectivity index (χ0v) is 13.0. The second-order valence-corrected chi connectivity index (χ2v) is 5.75. The summed E-state index contributed by atoms with van der Waals surface area (Å²) < 4.78 is 2.67. The number of rotatable bonds is 3. The molecule has 1 aromatic carbocycles. The largest absolute Gasteiger partial charge is 0.345 e. The molecular formula is C14H14BrClN2O. The number of carbonyl (C=O) groups excluding carboxylic acids is 1. The number of hydrogen-bond donors (Lipinski definition) is 1. The number of nitrogens with zero attached hydrogens (tertiary/aromatic N) is 1.